The van der Waals surface area contributed by atoms with E-state index in [2.05, 4.69) is 51.6 Å². The topological polar surface area (TPSA) is 43.5 Å². The summed E-state index contributed by atoms with van der Waals surface area (Å²) in [6, 6.07) is 66.9. The molecule has 0 atom stereocenters. The van der Waals surface area contributed by atoms with Crippen LogP contribution in [0.1, 0.15) is 16.7 Å². The van der Waals surface area contributed by atoms with Crippen molar-refractivity contribution in [1.29, 1.82) is 5.26 Å². The molecule has 5 nitrogen and oxygen atoms in total. The van der Waals surface area contributed by atoms with Crippen LogP contribution < -0.4 is 0 Å². The highest BCUT2D eigenvalue weighted by Gasteiger charge is 2.38. The van der Waals surface area contributed by atoms with Crippen molar-refractivity contribution >= 4 is 87.2 Å². The first-order chi connectivity index (χ1) is 35.9. The second kappa shape index (κ2) is 15.7. The molecule has 11 heteroatoms. The molecule has 10 aromatic carbocycles. The third kappa shape index (κ3) is 6.37. The molecule has 0 radical (unpaired) electrons. The molecule has 0 amide bonds. The average molecular weight is 976 g/mol. The molecule has 0 aliphatic heterocycles. The van der Waals surface area contributed by atoms with Gasteiger partial charge in [0.15, 0.2) is 0 Å². The number of rotatable bonds is 5. The minimum absolute atomic E-state index is 0.0463. The Morgan fingerprint density at radius 3 is 0.986 bits per heavy atom. The molecular formula is C63H35F6N5. The Balaban J connectivity index is 1.10. The van der Waals surface area contributed by atoms with E-state index in [0.717, 1.165) is 88.7 Å². The molecule has 0 bridgehead atoms. The number of nitriles is 1. The zero-order valence-electron chi connectivity index (χ0n) is 38.7. The summed E-state index contributed by atoms with van der Waals surface area (Å²) in [7, 11) is 0. The van der Waals surface area contributed by atoms with Crippen molar-refractivity contribution in [1.82, 2.24) is 18.3 Å². The lowest BCUT2D eigenvalue weighted by atomic mass is 9.95. The molecule has 0 saturated heterocycles. The van der Waals surface area contributed by atoms with Crippen LogP contribution in [0.2, 0.25) is 0 Å². The standard InChI is InChI=1S/C63H35F6N5/c64-62(65,66)39-29-37(30-40(32-39)63(67,68)69)51-35-58(73-56-23-11-5-17-47(56)49-27-25-41(33-60(49)73)71-52-19-7-1-13-43(52)44-14-2-8-20-53(44)71)38(36-70)31-59(51)74-57-24-12-6-18-48(57)50-28-26-42(34-61(50)74)72-54-21-9-3-15-45(54)46-16-4-10-22-55(46)72/h1-35H. The van der Waals surface area contributed by atoms with Crippen molar-refractivity contribution in [3.8, 4) is 39.9 Å². The molecule has 0 aliphatic carbocycles. The molecule has 14 rings (SSSR count). The normalized spacial score (nSPS) is 12.4. The molecule has 4 heterocycles. The number of para-hydroxylation sites is 6. The van der Waals surface area contributed by atoms with Crippen LogP contribution in [0.5, 0.6) is 0 Å². The summed E-state index contributed by atoms with van der Waals surface area (Å²) in [5.74, 6) is 0. The van der Waals surface area contributed by atoms with Crippen molar-refractivity contribution in [3.63, 3.8) is 0 Å². The van der Waals surface area contributed by atoms with E-state index >= 15 is 0 Å². The fraction of sp³-hybridized carbons (Fsp3) is 0.0317. The van der Waals surface area contributed by atoms with Gasteiger partial charge in [0, 0.05) is 60.0 Å². The van der Waals surface area contributed by atoms with E-state index in [0.29, 0.717) is 22.1 Å². The van der Waals surface area contributed by atoms with Crippen molar-refractivity contribution in [2.24, 2.45) is 0 Å². The van der Waals surface area contributed by atoms with E-state index < -0.39 is 23.5 Å². The number of aromatic nitrogens is 4. The second-order valence-electron chi connectivity index (χ2n) is 18.6. The Morgan fingerprint density at radius 2 is 0.635 bits per heavy atom. The Labute approximate surface area is 416 Å². The largest absolute Gasteiger partial charge is 0.416 e. The molecule has 0 unspecified atom stereocenters. The average Bonchev–Trinajstić information content (AvgIpc) is 4.14. The van der Waals surface area contributed by atoms with Crippen LogP contribution in [0.3, 0.4) is 0 Å². The van der Waals surface area contributed by atoms with E-state index in [1.807, 2.05) is 155 Å². The van der Waals surface area contributed by atoms with E-state index in [1.54, 1.807) is 12.1 Å². The minimum Gasteiger partial charge on any atom is -0.309 e. The van der Waals surface area contributed by atoms with Gasteiger partial charge >= 0.3 is 12.4 Å². The third-order valence-corrected chi connectivity index (χ3v) is 14.6. The first-order valence-electron chi connectivity index (χ1n) is 23.9. The van der Waals surface area contributed by atoms with Gasteiger partial charge in [-0.15, -0.1) is 0 Å². The zero-order valence-corrected chi connectivity index (χ0v) is 38.7. The van der Waals surface area contributed by atoms with Crippen molar-refractivity contribution in [3.05, 3.63) is 229 Å². The fourth-order valence-electron chi connectivity index (χ4n) is 11.5. The predicted octanol–water partition coefficient (Wildman–Crippen LogP) is 17.7. The predicted molar refractivity (Wildman–Crippen MR) is 284 cm³/mol. The summed E-state index contributed by atoms with van der Waals surface area (Å²) >= 11 is 0. The summed E-state index contributed by atoms with van der Waals surface area (Å²) in [5.41, 5.74) is 5.48. The van der Waals surface area contributed by atoms with Crippen molar-refractivity contribution in [2.75, 3.05) is 0 Å². The summed E-state index contributed by atoms with van der Waals surface area (Å²) in [4.78, 5) is 0. The molecule has 354 valence electrons. The Kier molecular flexibility index (Phi) is 9.20. The molecule has 0 saturated carbocycles. The smallest absolute Gasteiger partial charge is 0.309 e. The number of hydrogen-bond donors (Lipinski definition) is 0. The number of nitrogens with zero attached hydrogens (tertiary/aromatic N) is 5. The summed E-state index contributed by atoms with van der Waals surface area (Å²) < 4.78 is 97.7. The van der Waals surface area contributed by atoms with Gasteiger partial charge < -0.3 is 18.3 Å². The maximum atomic E-state index is 14.9. The number of alkyl halides is 6. The van der Waals surface area contributed by atoms with Gasteiger partial charge in [-0.05, 0) is 96.6 Å². The van der Waals surface area contributed by atoms with E-state index in [9.17, 15) is 31.6 Å². The minimum atomic E-state index is -5.13. The van der Waals surface area contributed by atoms with Crippen LogP contribution in [0.25, 0.3) is 121 Å². The van der Waals surface area contributed by atoms with Gasteiger partial charge in [-0.2, -0.15) is 31.6 Å². The molecule has 14 aromatic rings. The summed E-state index contributed by atoms with van der Waals surface area (Å²) in [6.45, 7) is 0. The molecule has 74 heavy (non-hydrogen) atoms. The molecule has 0 N–H and O–H groups in total. The lowest BCUT2D eigenvalue weighted by molar-refractivity contribution is -0.143. The maximum absolute atomic E-state index is 14.9. The van der Waals surface area contributed by atoms with Crippen LogP contribution in [0, 0.1) is 11.3 Å². The number of hydrogen-bond acceptors (Lipinski definition) is 1. The fourth-order valence-corrected chi connectivity index (χ4v) is 11.5. The first kappa shape index (κ1) is 43.3. The Morgan fingerprint density at radius 1 is 0.311 bits per heavy atom. The quantitative estimate of drug-likeness (QED) is 0.159. The van der Waals surface area contributed by atoms with Gasteiger partial charge in [-0.1, -0.05) is 121 Å². The lowest BCUT2D eigenvalue weighted by Crippen LogP contribution is -2.11. The zero-order chi connectivity index (χ0) is 50.2. The highest BCUT2D eigenvalue weighted by molar-refractivity contribution is 6.14. The SMILES string of the molecule is N#Cc1cc(-n2c3ccccc3c3ccc(-n4c5ccccc5c5ccccc54)cc32)c(-c2cc(C(F)(F)F)cc(C(F)(F)F)c2)cc1-n1c2ccccc2c2ccc(-n3c4ccccc4c4ccccc43)cc21. The molecule has 0 aliphatic rings. The number of fused-ring (bicyclic) bond motifs is 12. The molecular weight excluding hydrogens is 941 g/mol. The summed E-state index contributed by atoms with van der Waals surface area (Å²) in [6.07, 6.45) is -10.3. The number of benzene rings is 10. The van der Waals surface area contributed by atoms with Crippen LogP contribution in [0.4, 0.5) is 26.3 Å². The first-order valence-corrected chi connectivity index (χ1v) is 23.9. The number of halogens is 6. The Bertz CT molecular complexity index is 4590. The van der Waals surface area contributed by atoms with Gasteiger partial charge in [-0.25, -0.2) is 0 Å². The van der Waals surface area contributed by atoms with Gasteiger partial charge in [-0.3, -0.25) is 0 Å². The van der Waals surface area contributed by atoms with Crippen LogP contribution in [-0.4, -0.2) is 18.3 Å². The monoisotopic (exact) mass is 975 g/mol. The third-order valence-electron chi connectivity index (χ3n) is 14.6. The van der Waals surface area contributed by atoms with Gasteiger partial charge in [0.1, 0.15) is 6.07 Å². The van der Waals surface area contributed by atoms with Gasteiger partial charge in [0.05, 0.1) is 72.2 Å². The molecule has 4 aromatic heterocycles. The van der Waals surface area contributed by atoms with Gasteiger partial charge in [0.25, 0.3) is 0 Å². The second-order valence-corrected chi connectivity index (χ2v) is 18.6. The molecule has 0 spiro atoms. The maximum Gasteiger partial charge on any atom is 0.416 e. The van der Waals surface area contributed by atoms with Crippen LogP contribution in [0.15, 0.2) is 212 Å². The highest BCUT2D eigenvalue weighted by atomic mass is 19.4. The summed E-state index contributed by atoms with van der Waals surface area (Å²) in [5, 5.41) is 18.9. The van der Waals surface area contributed by atoms with E-state index in [-0.39, 0.29) is 34.1 Å². The molecule has 0 fully saturated rings. The van der Waals surface area contributed by atoms with Gasteiger partial charge in [0.2, 0.25) is 0 Å². The van der Waals surface area contributed by atoms with E-state index in [1.165, 1.54) is 0 Å². The van der Waals surface area contributed by atoms with E-state index in [4.69, 9.17) is 0 Å². The van der Waals surface area contributed by atoms with Crippen LogP contribution >= 0.6 is 0 Å². The highest BCUT2D eigenvalue weighted by Crippen LogP contribution is 2.46. The van der Waals surface area contributed by atoms with Crippen molar-refractivity contribution < 1.29 is 26.3 Å². The Hall–Kier alpha value is -9.53. The van der Waals surface area contributed by atoms with Crippen molar-refractivity contribution in [2.45, 2.75) is 12.4 Å². The lowest BCUT2D eigenvalue weighted by Gasteiger charge is -2.21. The van der Waals surface area contributed by atoms with Crippen LogP contribution in [-0.2, 0) is 12.4 Å².